The van der Waals surface area contributed by atoms with Crippen molar-refractivity contribution in [1.82, 2.24) is 20.1 Å². The number of likely N-dealkylation sites (tertiary alicyclic amines) is 1. The van der Waals surface area contributed by atoms with Gasteiger partial charge < -0.3 is 4.90 Å². The monoisotopic (exact) mass is 322 g/mol. The molecule has 2 aliphatic rings. The van der Waals surface area contributed by atoms with Crippen LogP contribution in [0.3, 0.4) is 0 Å². The van der Waals surface area contributed by atoms with E-state index in [0.717, 1.165) is 49.4 Å². The zero-order valence-electron chi connectivity index (χ0n) is 14.0. The summed E-state index contributed by atoms with van der Waals surface area (Å²) in [4.78, 5) is 19.3. The molecule has 2 heterocycles. The highest BCUT2D eigenvalue weighted by atomic mass is 16.2. The number of H-pyrrole nitrogens is 1. The third kappa shape index (κ3) is 2.86. The third-order valence-electron chi connectivity index (χ3n) is 4.96. The fourth-order valence-electron chi connectivity index (χ4n) is 3.66. The highest BCUT2D eigenvalue weighted by Gasteiger charge is 2.28. The SMILES string of the molecule is Cc1nc(C2CCCN(C(=O)c3ccc4c(c3)CCC=C4)C2)n[nH]1. The van der Waals surface area contributed by atoms with Gasteiger partial charge >= 0.3 is 0 Å². The van der Waals surface area contributed by atoms with Crippen LogP contribution in [-0.2, 0) is 6.42 Å². The van der Waals surface area contributed by atoms with Crippen LogP contribution in [0.5, 0.6) is 0 Å². The number of piperidine rings is 1. The van der Waals surface area contributed by atoms with Gasteiger partial charge in [-0.15, -0.1) is 0 Å². The summed E-state index contributed by atoms with van der Waals surface area (Å²) in [6.07, 6.45) is 8.45. The summed E-state index contributed by atoms with van der Waals surface area (Å²) in [7, 11) is 0. The quantitative estimate of drug-likeness (QED) is 0.924. The highest BCUT2D eigenvalue weighted by Crippen LogP contribution is 2.27. The molecule has 4 rings (SSSR count). The first-order chi connectivity index (χ1) is 11.7. The molecule has 1 aliphatic heterocycles. The number of rotatable bonds is 2. The van der Waals surface area contributed by atoms with E-state index in [0.29, 0.717) is 6.54 Å². The first-order valence-electron chi connectivity index (χ1n) is 8.68. The van der Waals surface area contributed by atoms with Gasteiger partial charge in [0.25, 0.3) is 5.91 Å². The lowest BCUT2D eigenvalue weighted by Crippen LogP contribution is -2.39. The molecule has 1 aromatic heterocycles. The Labute approximate surface area is 141 Å². The molecule has 1 N–H and O–H groups in total. The number of carbonyl (C=O) groups is 1. The summed E-state index contributed by atoms with van der Waals surface area (Å²) in [6.45, 7) is 3.42. The Balaban J connectivity index is 1.52. The zero-order valence-corrected chi connectivity index (χ0v) is 14.0. The van der Waals surface area contributed by atoms with E-state index >= 15 is 0 Å². The molecule has 1 atom stereocenters. The molecule has 1 aromatic carbocycles. The average molecular weight is 322 g/mol. The average Bonchev–Trinajstić information content (AvgIpc) is 3.07. The summed E-state index contributed by atoms with van der Waals surface area (Å²) in [5, 5.41) is 7.19. The summed E-state index contributed by atoms with van der Waals surface area (Å²) in [6, 6.07) is 6.09. The molecule has 2 aromatic rings. The van der Waals surface area contributed by atoms with E-state index in [1.54, 1.807) is 0 Å². The number of hydrogen-bond donors (Lipinski definition) is 1. The smallest absolute Gasteiger partial charge is 0.253 e. The molecular formula is C19H22N4O. The fourth-order valence-corrected chi connectivity index (χ4v) is 3.66. The van der Waals surface area contributed by atoms with Crippen molar-refractivity contribution in [2.75, 3.05) is 13.1 Å². The van der Waals surface area contributed by atoms with E-state index in [2.05, 4.69) is 39.5 Å². The van der Waals surface area contributed by atoms with E-state index in [4.69, 9.17) is 0 Å². The van der Waals surface area contributed by atoms with Gasteiger partial charge in [0.2, 0.25) is 0 Å². The molecule has 0 spiro atoms. The Hall–Kier alpha value is -2.43. The van der Waals surface area contributed by atoms with Crippen molar-refractivity contribution in [3.8, 4) is 0 Å². The van der Waals surface area contributed by atoms with Crippen molar-refractivity contribution in [3.05, 3.63) is 52.6 Å². The second-order valence-corrected chi connectivity index (χ2v) is 6.72. The van der Waals surface area contributed by atoms with E-state index in [9.17, 15) is 4.79 Å². The number of aromatic nitrogens is 3. The minimum absolute atomic E-state index is 0.129. The van der Waals surface area contributed by atoms with Crippen molar-refractivity contribution >= 4 is 12.0 Å². The Morgan fingerprint density at radius 3 is 3.12 bits per heavy atom. The molecule has 1 amide bonds. The van der Waals surface area contributed by atoms with Crippen LogP contribution in [0.2, 0.25) is 0 Å². The Kier molecular flexibility index (Phi) is 3.92. The van der Waals surface area contributed by atoms with Gasteiger partial charge in [-0.05, 0) is 55.9 Å². The standard InChI is InChI=1S/C19H22N4O/c1-13-20-18(22-21-13)17-7-4-10-23(12-17)19(24)16-9-8-14-5-2-3-6-15(14)11-16/h2,5,8-9,11,17H,3-4,6-7,10,12H2,1H3,(H,20,21,22). The maximum atomic E-state index is 12.9. The van der Waals surface area contributed by atoms with E-state index in [1.807, 2.05) is 17.9 Å². The number of nitrogens with zero attached hydrogens (tertiary/aromatic N) is 3. The van der Waals surface area contributed by atoms with Gasteiger partial charge in [-0.1, -0.05) is 18.2 Å². The number of benzene rings is 1. The van der Waals surface area contributed by atoms with Gasteiger partial charge in [-0.2, -0.15) is 5.10 Å². The predicted molar refractivity (Wildman–Crippen MR) is 92.8 cm³/mol. The minimum atomic E-state index is 0.129. The van der Waals surface area contributed by atoms with Crippen molar-refractivity contribution in [2.24, 2.45) is 0 Å². The summed E-state index contributed by atoms with van der Waals surface area (Å²) >= 11 is 0. The Morgan fingerprint density at radius 1 is 1.38 bits per heavy atom. The molecular weight excluding hydrogens is 300 g/mol. The van der Waals surface area contributed by atoms with Gasteiger partial charge in [-0.25, -0.2) is 4.98 Å². The second kappa shape index (κ2) is 6.23. The number of hydrogen-bond acceptors (Lipinski definition) is 3. The van der Waals surface area contributed by atoms with Crippen molar-refractivity contribution in [2.45, 2.75) is 38.5 Å². The largest absolute Gasteiger partial charge is 0.338 e. The molecule has 5 heteroatoms. The van der Waals surface area contributed by atoms with Crippen LogP contribution in [0.25, 0.3) is 6.08 Å². The second-order valence-electron chi connectivity index (χ2n) is 6.72. The maximum Gasteiger partial charge on any atom is 0.253 e. The number of carbonyl (C=O) groups excluding carboxylic acids is 1. The summed E-state index contributed by atoms with van der Waals surface area (Å²) in [5.41, 5.74) is 3.32. The van der Waals surface area contributed by atoms with Crippen LogP contribution >= 0.6 is 0 Å². The van der Waals surface area contributed by atoms with Crippen LogP contribution in [-0.4, -0.2) is 39.1 Å². The third-order valence-corrected chi connectivity index (χ3v) is 4.96. The molecule has 24 heavy (non-hydrogen) atoms. The van der Waals surface area contributed by atoms with Gasteiger partial charge in [0.1, 0.15) is 5.82 Å². The van der Waals surface area contributed by atoms with E-state index in [-0.39, 0.29) is 11.8 Å². The number of aromatic amines is 1. The molecule has 0 saturated carbocycles. The lowest BCUT2D eigenvalue weighted by atomic mass is 9.94. The predicted octanol–water partition coefficient (Wildman–Crippen LogP) is 3.09. The van der Waals surface area contributed by atoms with Crippen LogP contribution in [0.1, 0.15) is 58.3 Å². The number of allylic oxidation sites excluding steroid dienone is 1. The van der Waals surface area contributed by atoms with Crippen molar-refractivity contribution < 1.29 is 4.79 Å². The number of fused-ring (bicyclic) bond motifs is 1. The molecule has 0 bridgehead atoms. The molecule has 1 unspecified atom stereocenters. The van der Waals surface area contributed by atoms with Crippen molar-refractivity contribution in [3.63, 3.8) is 0 Å². The lowest BCUT2D eigenvalue weighted by molar-refractivity contribution is 0.0704. The first kappa shape index (κ1) is 15.1. The maximum absolute atomic E-state index is 12.9. The summed E-state index contributed by atoms with van der Waals surface area (Å²) in [5.74, 6) is 2.02. The molecule has 0 radical (unpaired) electrons. The zero-order chi connectivity index (χ0) is 16.5. The van der Waals surface area contributed by atoms with Crippen molar-refractivity contribution in [1.29, 1.82) is 0 Å². The first-order valence-corrected chi connectivity index (χ1v) is 8.68. The number of nitrogens with one attached hydrogen (secondary N) is 1. The minimum Gasteiger partial charge on any atom is -0.338 e. The van der Waals surface area contributed by atoms with Gasteiger partial charge in [0.15, 0.2) is 5.82 Å². The van der Waals surface area contributed by atoms with Crippen LogP contribution in [0.15, 0.2) is 24.3 Å². The number of aryl methyl sites for hydroxylation is 2. The lowest BCUT2D eigenvalue weighted by Gasteiger charge is -2.31. The highest BCUT2D eigenvalue weighted by molar-refractivity contribution is 5.95. The molecule has 5 nitrogen and oxygen atoms in total. The van der Waals surface area contributed by atoms with Crippen LogP contribution in [0, 0.1) is 6.92 Å². The Bertz CT molecular complexity index is 792. The topological polar surface area (TPSA) is 61.9 Å². The van der Waals surface area contributed by atoms with Gasteiger partial charge in [0.05, 0.1) is 0 Å². The normalized spacial score (nSPS) is 20.0. The van der Waals surface area contributed by atoms with Crippen LogP contribution in [0.4, 0.5) is 0 Å². The fraction of sp³-hybridized carbons (Fsp3) is 0.421. The molecule has 1 saturated heterocycles. The summed E-state index contributed by atoms with van der Waals surface area (Å²) < 4.78 is 0. The van der Waals surface area contributed by atoms with E-state index in [1.165, 1.54) is 11.1 Å². The molecule has 124 valence electrons. The van der Waals surface area contributed by atoms with Gasteiger partial charge in [-0.3, -0.25) is 9.89 Å². The Morgan fingerprint density at radius 2 is 2.29 bits per heavy atom. The van der Waals surface area contributed by atoms with E-state index < -0.39 is 0 Å². The number of amides is 1. The molecule has 1 fully saturated rings. The molecule has 1 aliphatic carbocycles. The van der Waals surface area contributed by atoms with Crippen LogP contribution < -0.4 is 0 Å². The van der Waals surface area contributed by atoms with Gasteiger partial charge in [0, 0.05) is 24.6 Å².